The molecule has 1 heterocycles. The summed E-state index contributed by atoms with van der Waals surface area (Å²) >= 11 is 0. The van der Waals surface area contributed by atoms with Crippen molar-refractivity contribution in [1.29, 1.82) is 0 Å². The molecule has 0 unspecified atom stereocenters. The van der Waals surface area contributed by atoms with Crippen molar-refractivity contribution < 1.29 is 13.9 Å². The van der Waals surface area contributed by atoms with E-state index in [9.17, 15) is 9.18 Å². The Morgan fingerprint density at radius 2 is 2.50 bits per heavy atom. The SMILES string of the molecule is CCOC(=O)C=Cc1cccnc1F. The van der Waals surface area contributed by atoms with E-state index in [4.69, 9.17) is 0 Å². The van der Waals surface area contributed by atoms with Gasteiger partial charge in [0.25, 0.3) is 0 Å². The summed E-state index contributed by atoms with van der Waals surface area (Å²) in [5, 5.41) is 0. The Morgan fingerprint density at radius 3 is 3.14 bits per heavy atom. The van der Waals surface area contributed by atoms with Gasteiger partial charge in [0.15, 0.2) is 0 Å². The molecule has 0 aromatic carbocycles. The van der Waals surface area contributed by atoms with Crippen LogP contribution in [0.4, 0.5) is 4.39 Å². The summed E-state index contributed by atoms with van der Waals surface area (Å²) in [5.41, 5.74) is 0.264. The third-order valence-electron chi connectivity index (χ3n) is 1.47. The number of aromatic nitrogens is 1. The molecular formula is C10H10FNO2. The molecule has 0 aliphatic heterocycles. The number of hydrogen-bond acceptors (Lipinski definition) is 3. The molecule has 0 saturated carbocycles. The fourth-order valence-corrected chi connectivity index (χ4v) is 0.871. The smallest absolute Gasteiger partial charge is 0.330 e. The lowest BCUT2D eigenvalue weighted by molar-refractivity contribution is -0.137. The Morgan fingerprint density at radius 1 is 1.71 bits per heavy atom. The predicted molar refractivity (Wildman–Crippen MR) is 49.9 cm³/mol. The highest BCUT2D eigenvalue weighted by Gasteiger charge is 1.98. The first-order valence-electron chi connectivity index (χ1n) is 4.19. The summed E-state index contributed by atoms with van der Waals surface area (Å²) in [6.07, 6.45) is 3.85. The molecule has 0 bridgehead atoms. The molecule has 0 fully saturated rings. The monoisotopic (exact) mass is 195 g/mol. The predicted octanol–water partition coefficient (Wildman–Crippen LogP) is 1.80. The number of carbonyl (C=O) groups excluding carboxylic acids is 1. The first kappa shape index (κ1) is 10.4. The van der Waals surface area contributed by atoms with Gasteiger partial charge in [-0.15, -0.1) is 0 Å². The number of ether oxygens (including phenoxy) is 1. The second-order valence-corrected chi connectivity index (χ2v) is 2.47. The molecular weight excluding hydrogens is 185 g/mol. The van der Waals surface area contributed by atoms with Crippen molar-refractivity contribution in [2.75, 3.05) is 6.61 Å². The van der Waals surface area contributed by atoms with Crippen LogP contribution < -0.4 is 0 Å². The number of halogens is 1. The molecule has 0 atom stereocenters. The van der Waals surface area contributed by atoms with Gasteiger partial charge in [-0.1, -0.05) is 0 Å². The molecule has 0 aliphatic carbocycles. The van der Waals surface area contributed by atoms with E-state index in [1.807, 2.05) is 0 Å². The number of nitrogens with zero attached hydrogens (tertiary/aromatic N) is 1. The average Bonchev–Trinajstić information content (AvgIpc) is 2.17. The molecule has 4 heteroatoms. The van der Waals surface area contributed by atoms with Crippen molar-refractivity contribution in [1.82, 2.24) is 4.98 Å². The van der Waals surface area contributed by atoms with Crippen LogP contribution in [0.3, 0.4) is 0 Å². The molecule has 0 N–H and O–H groups in total. The van der Waals surface area contributed by atoms with E-state index in [0.29, 0.717) is 6.61 Å². The first-order chi connectivity index (χ1) is 6.74. The maximum atomic E-state index is 12.9. The Bertz CT molecular complexity index is 350. The van der Waals surface area contributed by atoms with Crippen LogP contribution in [0.1, 0.15) is 12.5 Å². The molecule has 14 heavy (non-hydrogen) atoms. The molecule has 3 nitrogen and oxygen atoms in total. The van der Waals surface area contributed by atoms with Gasteiger partial charge in [-0.2, -0.15) is 4.39 Å². The van der Waals surface area contributed by atoms with Gasteiger partial charge < -0.3 is 4.74 Å². The molecule has 74 valence electrons. The van der Waals surface area contributed by atoms with Gasteiger partial charge in [-0.25, -0.2) is 9.78 Å². The highest BCUT2D eigenvalue weighted by molar-refractivity contribution is 5.86. The van der Waals surface area contributed by atoms with E-state index >= 15 is 0 Å². The van der Waals surface area contributed by atoms with E-state index in [1.54, 1.807) is 13.0 Å². The zero-order valence-corrected chi connectivity index (χ0v) is 7.74. The Labute approximate surface area is 81.2 Å². The minimum absolute atomic E-state index is 0.264. The van der Waals surface area contributed by atoms with E-state index in [1.165, 1.54) is 24.4 Å². The average molecular weight is 195 g/mol. The second-order valence-electron chi connectivity index (χ2n) is 2.47. The lowest BCUT2D eigenvalue weighted by Gasteiger charge is -1.95. The summed E-state index contributed by atoms with van der Waals surface area (Å²) < 4.78 is 17.5. The van der Waals surface area contributed by atoms with Crippen LogP contribution in [0, 0.1) is 5.95 Å². The summed E-state index contributed by atoms with van der Waals surface area (Å²) in [7, 11) is 0. The quantitative estimate of drug-likeness (QED) is 0.419. The topological polar surface area (TPSA) is 39.2 Å². The molecule has 1 rings (SSSR count). The Balaban J connectivity index is 2.69. The molecule has 0 radical (unpaired) electrons. The van der Waals surface area contributed by atoms with Gasteiger partial charge in [-0.05, 0) is 25.1 Å². The molecule has 0 aliphatic rings. The fraction of sp³-hybridized carbons (Fsp3) is 0.200. The Kier molecular flexibility index (Phi) is 3.79. The molecule has 0 spiro atoms. The molecule has 0 amide bonds. The van der Waals surface area contributed by atoms with E-state index in [2.05, 4.69) is 9.72 Å². The lowest BCUT2D eigenvalue weighted by Crippen LogP contribution is -1.98. The van der Waals surface area contributed by atoms with Crippen LogP contribution in [-0.4, -0.2) is 17.6 Å². The van der Waals surface area contributed by atoms with Crippen molar-refractivity contribution >= 4 is 12.0 Å². The van der Waals surface area contributed by atoms with Crippen LogP contribution in [0.2, 0.25) is 0 Å². The van der Waals surface area contributed by atoms with E-state index in [0.717, 1.165) is 0 Å². The van der Waals surface area contributed by atoms with Crippen molar-refractivity contribution in [2.24, 2.45) is 0 Å². The van der Waals surface area contributed by atoms with Gasteiger partial charge >= 0.3 is 5.97 Å². The summed E-state index contributed by atoms with van der Waals surface area (Å²) in [6.45, 7) is 2.01. The molecule has 1 aromatic rings. The summed E-state index contributed by atoms with van der Waals surface area (Å²) in [5.74, 6) is -1.09. The van der Waals surface area contributed by atoms with Crippen molar-refractivity contribution in [3.8, 4) is 0 Å². The maximum absolute atomic E-state index is 12.9. The van der Waals surface area contributed by atoms with E-state index < -0.39 is 11.9 Å². The Hall–Kier alpha value is -1.71. The van der Waals surface area contributed by atoms with Gasteiger partial charge in [0, 0.05) is 17.8 Å². The third kappa shape index (κ3) is 2.97. The summed E-state index contributed by atoms with van der Waals surface area (Å²) in [4.78, 5) is 14.3. The zero-order chi connectivity index (χ0) is 10.4. The number of carbonyl (C=O) groups is 1. The maximum Gasteiger partial charge on any atom is 0.330 e. The van der Waals surface area contributed by atoms with Crippen LogP contribution in [0.15, 0.2) is 24.4 Å². The lowest BCUT2D eigenvalue weighted by atomic mass is 10.2. The van der Waals surface area contributed by atoms with Crippen LogP contribution in [0.5, 0.6) is 0 Å². The normalized spacial score (nSPS) is 10.4. The van der Waals surface area contributed by atoms with Gasteiger partial charge in [0.05, 0.1) is 6.61 Å². The zero-order valence-electron chi connectivity index (χ0n) is 7.74. The van der Waals surface area contributed by atoms with Crippen LogP contribution in [0.25, 0.3) is 6.08 Å². The standard InChI is InChI=1S/C10H10FNO2/c1-2-14-9(13)6-5-8-4-3-7-12-10(8)11/h3-7H,2H2,1H3. The highest BCUT2D eigenvalue weighted by atomic mass is 19.1. The third-order valence-corrected chi connectivity index (χ3v) is 1.47. The fourth-order valence-electron chi connectivity index (χ4n) is 0.871. The van der Waals surface area contributed by atoms with Gasteiger partial charge in [-0.3, -0.25) is 0 Å². The number of esters is 1. The minimum Gasteiger partial charge on any atom is -0.463 e. The van der Waals surface area contributed by atoms with Crippen molar-refractivity contribution in [3.63, 3.8) is 0 Å². The van der Waals surface area contributed by atoms with Crippen LogP contribution in [-0.2, 0) is 9.53 Å². The van der Waals surface area contributed by atoms with Crippen molar-refractivity contribution in [2.45, 2.75) is 6.92 Å². The van der Waals surface area contributed by atoms with Crippen LogP contribution >= 0.6 is 0 Å². The second kappa shape index (κ2) is 5.11. The highest BCUT2D eigenvalue weighted by Crippen LogP contribution is 2.05. The minimum atomic E-state index is -0.604. The first-order valence-corrected chi connectivity index (χ1v) is 4.19. The molecule has 1 aromatic heterocycles. The largest absolute Gasteiger partial charge is 0.463 e. The number of pyridine rings is 1. The summed E-state index contributed by atoms with van der Waals surface area (Å²) in [6, 6.07) is 3.12. The van der Waals surface area contributed by atoms with Gasteiger partial charge in [0.1, 0.15) is 0 Å². The van der Waals surface area contributed by atoms with Crippen molar-refractivity contribution in [3.05, 3.63) is 35.9 Å². The van der Waals surface area contributed by atoms with Gasteiger partial charge in [0.2, 0.25) is 5.95 Å². The number of rotatable bonds is 3. The molecule has 0 saturated heterocycles. The van der Waals surface area contributed by atoms with E-state index in [-0.39, 0.29) is 5.56 Å². The number of hydrogen-bond donors (Lipinski definition) is 0.